The van der Waals surface area contributed by atoms with Gasteiger partial charge in [0.2, 0.25) is 0 Å². The van der Waals surface area contributed by atoms with Crippen LogP contribution < -0.4 is 10.5 Å². The largest absolute Gasteiger partial charge is 0.493 e. The maximum Gasteiger partial charge on any atom is 0.119 e. The summed E-state index contributed by atoms with van der Waals surface area (Å²) in [4.78, 5) is 4.40. The van der Waals surface area contributed by atoms with Gasteiger partial charge >= 0.3 is 0 Å². The molecule has 0 saturated carbocycles. The van der Waals surface area contributed by atoms with Crippen molar-refractivity contribution in [3.05, 3.63) is 60.7 Å². The molecule has 0 spiro atoms. The topological polar surface area (TPSA) is 52.5 Å². The third kappa shape index (κ3) is 2.52. The minimum atomic E-state index is 0.595. The van der Waals surface area contributed by atoms with E-state index >= 15 is 0 Å². The molecule has 0 aliphatic heterocycles. The van der Waals surface area contributed by atoms with E-state index in [1.54, 1.807) is 0 Å². The Balaban J connectivity index is 1.70. The Morgan fingerprint density at radius 3 is 2.79 bits per heavy atom. The summed E-state index contributed by atoms with van der Waals surface area (Å²) < 4.78 is 7.68. The number of imidazole rings is 1. The van der Waals surface area contributed by atoms with Crippen molar-refractivity contribution < 1.29 is 4.74 Å². The van der Waals surface area contributed by atoms with Gasteiger partial charge in [0.05, 0.1) is 18.3 Å². The number of nitrogens with two attached hydrogens (primary N) is 1. The first-order chi connectivity index (χ1) is 9.33. The second kappa shape index (κ2) is 5.02. The predicted molar refractivity (Wildman–Crippen MR) is 75.2 cm³/mol. The third-order valence-electron chi connectivity index (χ3n) is 2.96. The van der Waals surface area contributed by atoms with Gasteiger partial charge in [0.25, 0.3) is 0 Å². The van der Waals surface area contributed by atoms with Crippen molar-refractivity contribution in [2.75, 3.05) is 12.3 Å². The summed E-state index contributed by atoms with van der Waals surface area (Å²) in [5.41, 5.74) is 7.57. The molecule has 19 heavy (non-hydrogen) atoms. The normalized spacial score (nSPS) is 10.7. The van der Waals surface area contributed by atoms with Gasteiger partial charge in [-0.2, -0.15) is 0 Å². The predicted octanol–water partition coefficient (Wildman–Crippen LogP) is 2.54. The maximum atomic E-state index is 5.79. The number of hydrogen-bond acceptors (Lipinski definition) is 3. The molecule has 2 heterocycles. The summed E-state index contributed by atoms with van der Waals surface area (Å²) >= 11 is 0. The minimum Gasteiger partial charge on any atom is -0.493 e. The molecule has 0 radical (unpaired) electrons. The summed E-state index contributed by atoms with van der Waals surface area (Å²) in [7, 11) is 0. The van der Waals surface area contributed by atoms with E-state index in [0.717, 1.165) is 29.2 Å². The van der Waals surface area contributed by atoms with Crippen LogP contribution in [0, 0.1) is 0 Å². The fourth-order valence-corrected chi connectivity index (χ4v) is 2.02. The van der Waals surface area contributed by atoms with Gasteiger partial charge in [0.15, 0.2) is 0 Å². The monoisotopic (exact) mass is 253 g/mol. The molecule has 0 aliphatic rings. The molecule has 3 aromatic rings. The smallest absolute Gasteiger partial charge is 0.119 e. The standard InChI is InChI=1S/C15H15N3O/c16-12-6-7-13-10-17-15(18(13)11-12)8-9-19-14-4-2-1-3-5-14/h1-7,10-11H,8-9,16H2. The van der Waals surface area contributed by atoms with Gasteiger partial charge in [-0.1, -0.05) is 18.2 Å². The molecular weight excluding hydrogens is 238 g/mol. The Morgan fingerprint density at radius 1 is 1.11 bits per heavy atom. The number of hydrogen-bond donors (Lipinski definition) is 1. The Morgan fingerprint density at radius 2 is 1.95 bits per heavy atom. The van der Waals surface area contributed by atoms with Gasteiger partial charge in [-0.3, -0.25) is 0 Å². The van der Waals surface area contributed by atoms with Crippen LogP contribution in [0.25, 0.3) is 5.52 Å². The zero-order chi connectivity index (χ0) is 13.1. The number of nitrogen functional groups attached to an aromatic ring is 1. The summed E-state index contributed by atoms with van der Waals surface area (Å²) in [6.07, 6.45) is 4.48. The molecule has 3 rings (SSSR count). The van der Waals surface area contributed by atoms with Crippen LogP contribution in [-0.2, 0) is 6.42 Å². The van der Waals surface area contributed by atoms with E-state index < -0.39 is 0 Å². The van der Waals surface area contributed by atoms with Crippen molar-refractivity contribution in [2.45, 2.75) is 6.42 Å². The first-order valence-electron chi connectivity index (χ1n) is 6.22. The number of ether oxygens (including phenoxy) is 1. The second-order valence-electron chi connectivity index (χ2n) is 4.34. The molecule has 4 nitrogen and oxygen atoms in total. The minimum absolute atomic E-state index is 0.595. The summed E-state index contributed by atoms with van der Waals surface area (Å²) in [5, 5.41) is 0. The van der Waals surface area contributed by atoms with Crippen LogP contribution in [0.3, 0.4) is 0 Å². The second-order valence-corrected chi connectivity index (χ2v) is 4.34. The molecule has 2 N–H and O–H groups in total. The lowest BCUT2D eigenvalue weighted by molar-refractivity contribution is 0.318. The van der Waals surface area contributed by atoms with Gasteiger partial charge in [0.1, 0.15) is 11.6 Å². The first-order valence-corrected chi connectivity index (χ1v) is 6.22. The number of aromatic nitrogens is 2. The van der Waals surface area contributed by atoms with E-state index in [2.05, 4.69) is 4.98 Å². The van der Waals surface area contributed by atoms with Gasteiger partial charge in [-0.25, -0.2) is 4.98 Å². The molecular formula is C15H15N3O. The lowest BCUT2D eigenvalue weighted by Gasteiger charge is -2.05. The molecule has 4 heteroatoms. The van der Waals surface area contributed by atoms with Crippen LogP contribution in [0.2, 0.25) is 0 Å². The van der Waals surface area contributed by atoms with Gasteiger partial charge in [-0.15, -0.1) is 0 Å². The van der Waals surface area contributed by atoms with Gasteiger partial charge in [0, 0.05) is 18.3 Å². The highest BCUT2D eigenvalue weighted by molar-refractivity contribution is 5.52. The Bertz CT molecular complexity index is 676. The van der Waals surface area contributed by atoms with Crippen LogP contribution >= 0.6 is 0 Å². The summed E-state index contributed by atoms with van der Waals surface area (Å²) in [5.74, 6) is 1.83. The van der Waals surface area contributed by atoms with E-state index in [1.165, 1.54) is 0 Å². The van der Waals surface area contributed by atoms with Crippen LogP contribution in [0.5, 0.6) is 5.75 Å². The molecule has 0 bridgehead atoms. The quantitative estimate of drug-likeness (QED) is 0.777. The Hall–Kier alpha value is -2.49. The number of pyridine rings is 1. The van der Waals surface area contributed by atoms with Crippen molar-refractivity contribution in [1.82, 2.24) is 9.38 Å². The first kappa shape index (κ1) is 11.6. The van der Waals surface area contributed by atoms with Crippen LogP contribution in [0.15, 0.2) is 54.9 Å². The number of para-hydroxylation sites is 1. The van der Waals surface area contributed by atoms with Crippen molar-refractivity contribution in [1.29, 1.82) is 0 Å². The van der Waals surface area contributed by atoms with E-state index in [1.807, 2.05) is 59.3 Å². The van der Waals surface area contributed by atoms with E-state index in [0.29, 0.717) is 6.61 Å². The Kier molecular flexibility index (Phi) is 3.06. The highest BCUT2D eigenvalue weighted by Crippen LogP contribution is 2.12. The van der Waals surface area contributed by atoms with Crippen molar-refractivity contribution >= 4 is 11.2 Å². The number of nitrogens with zero attached hydrogens (tertiary/aromatic N) is 2. The zero-order valence-electron chi connectivity index (χ0n) is 10.5. The van der Waals surface area contributed by atoms with Gasteiger partial charge < -0.3 is 14.9 Å². The van der Waals surface area contributed by atoms with E-state index in [-0.39, 0.29) is 0 Å². The highest BCUT2D eigenvalue weighted by Gasteiger charge is 2.04. The molecule has 1 aromatic carbocycles. The molecule has 0 amide bonds. The molecule has 0 unspecified atom stereocenters. The zero-order valence-corrected chi connectivity index (χ0v) is 10.5. The fourth-order valence-electron chi connectivity index (χ4n) is 2.02. The molecule has 0 aliphatic carbocycles. The fraction of sp³-hybridized carbons (Fsp3) is 0.133. The number of benzene rings is 1. The van der Waals surface area contributed by atoms with Crippen LogP contribution in [0.1, 0.15) is 5.82 Å². The third-order valence-corrected chi connectivity index (χ3v) is 2.96. The molecule has 2 aromatic heterocycles. The average molecular weight is 253 g/mol. The molecule has 0 saturated heterocycles. The molecule has 0 fully saturated rings. The Labute approximate surface area is 111 Å². The van der Waals surface area contributed by atoms with Crippen LogP contribution in [0.4, 0.5) is 5.69 Å². The lowest BCUT2D eigenvalue weighted by atomic mass is 10.3. The maximum absolute atomic E-state index is 5.79. The van der Waals surface area contributed by atoms with E-state index in [9.17, 15) is 0 Å². The SMILES string of the molecule is Nc1ccc2cnc(CCOc3ccccc3)n2c1. The summed E-state index contributed by atoms with van der Waals surface area (Å²) in [6, 6.07) is 13.6. The molecule has 0 atom stereocenters. The number of fused-ring (bicyclic) bond motifs is 1. The average Bonchev–Trinajstić information content (AvgIpc) is 2.83. The van der Waals surface area contributed by atoms with Gasteiger partial charge in [-0.05, 0) is 24.3 Å². The van der Waals surface area contributed by atoms with E-state index in [4.69, 9.17) is 10.5 Å². The lowest BCUT2D eigenvalue weighted by Crippen LogP contribution is -2.05. The highest BCUT2D eigenvalue weighted by atomic mass is 16.5. The van der Waals surface area contributed by atoms with Crippen LogP contribution in [-0.4, -0.2) is 16.0 Å². The van der Waals surface area contributed by atoms with Crippen molar-refractivity contribution in [2.24, 2.45) is 0 Å². The molecule has 96 valence electrons. The summed E-state index contributed by atoms with van der Waals surface area (Å²) in [6.45, 7) is 0.595. The number of anilines is 1. The van der Waals surface area contributed by atoms with Crippen molar-refractivity contribution in [3.63, 3.8) is 0 Å². The number of rotatable bonds is 4. The van der Waals surface area contributed by atoms with Crippen molar-refractivity contribution in [3.8, 4) is 5.75 Å².